The van der Waals surface area contributed by atoms with Crippen molar-refractivity contribution in [2.45, 2.75) is 25.3 Å². The van der Waals surface area contributed by atoms with Crippen molar-refractivity contribution in [2.24, 2.45) is 0 Å². The van der Waals surface area contributed by atoms with Gasteiger partial charge in [0.15, 0.2) is 11.6 Å². The number of nitro groups is 1. The highest BCUT2D eigenvalue weighted by molar-refractivity contribution is 5.66. The summed E-state index contributed by atoms with van der Waals surface area (Å²) < 4.78 is 18.6. The number of hydrogen-bond acceptors (Lipinski definition) is 5. The Labute approximate surface area is 123 Å². The molecule has 1 fully saturated rings. The molecule has 0 aliphatic carbocycles. The molecular weight excluding hydrogens is 277 g/mol. The van der Waals surface area contributed by atoms with Crippen LogP contribution in [0.15, 0.2) is 12.1 Å². The van der Waals surface area contributed by atoms with E-state index in [9.17, 15) is 14.5 Å². The van der Waals surface area contributed by atoms with Gasteiger partial charge in [0.05, 0.1) is 18.1 Å². The van der Waals surface area contributed by atoms with Crippen LogP contribution in [0.3, 0.4) is 0 Å². The normalized spacial score (nSPS) is 17.6. The summed E-state index contributed by atoms with van der Waals surface area (Å²) in [7, 11) is 3.27. The van der Waals surface area contributed by atoms with Gasteiger partial charge in [-0.3, -0.25) is 10.1 Å². The minimum Gasteiger partial charge on any atom is -0.494 e. The van der Waals surface area contributed by atoms with E-state index in [1.807, 2.05) is 11.9 Å². The lowest BCUT2D eigenvalue weighted by Gasteiger charge is -2.40. The molecule has 0 spiro atoms. The van der Waals surface area contributed by atoms with Crippen LogP contribution in [0.25, 0.3) is 0 Å². The van der Waals surface area contributed by atoms with Gasteiger partial charge >= 0.3 is 0 Å². The van der Waals surface area contributed by atoms with Gasteiger partial charge in [-0.05, 0) is 26.8 Å². The Hall–Kier alpha value is -1.89. The molecule has 0 amide bonds. The molecular formula is C14H20FN3O3. The smallest absolute Gasteiger partial charge is 0.295 e. The zero-order valence-electron chi connectivity index (χ0n) is 12.5. The van der Waals surface area contributed by atoms with E-state index in [0.29, 0.717) is 18.8 Å². The fraction of sp³-hybridized carbons (Fsp3) is 0.571. The van der Waals surface area contributed by atoms with Gasteiger partial charge in [-0.1, -0.05) is 0 Å². The van der Waals surface area contributed by atoms with Crippen molar-refractivity contribution < 1.29 is 14.1 Å². The van der Waals surface area contributed by atoms with Gasteiger partial charge in [-0.25, -0.2) is 4.39 Å². The number of ether oxygens (including phenoxy) is 1. The molecule has 0 saturated carbocycles. The molecule has 116 valence electrons. The van der Waals surface area contributed by atoms with E-state index in [2.05, 4.69) is 12.2 Å². The standard InChI is InChI=1S/C14H20FN3O3/c1-14(16-2)4-6-17(7-5-14)11-9-13(21-3)10(15)8-12(11)18(19)20/h8-9,16H,4-7H2,1-3H3. The molecule has 1 N–H and O–H groups in total. The summed E-state index contributed by atoms with van der Waals surface area (Å²) in [6, 6.07) is 2.34. The van der Waals surface area contributed by atoms with Crippen LogP contribution >= 0.6 is 0 Å². The van der Waals surface area contributed by atoms with E-state index in [-0.39, 0.29) is 17.0 Å². The van der Waals surface area contributed by atoms with Crippen molar-refractivity contribution in [1.82, 2.24) is 5.32 Å². The largest absolute Gasteiger partial charge is 0.494 e. The SMILES string of the molecule is CNC1(C)CCN(c2cc(OC)c(F)cc2[N+](=O)[O-])CC1. The molecule has 0 bridgehead atoms. The molecule has 7 heteroatoms. The summed E-state index contributed by atoms with van der Waals surface area (Å²) in [4.78, 5) is 12.5. The van der Waals surface area contributed by atoms with Crippen LogP contribution in [0.2, 0.25) is 0 Å². The molecule has 6 nitrogen and oxygen atoms in total. The molecule has 1 saturated heterocycles. The van der Waals surface area contributed by atoms with E-state index in [1.54, 1.807) is 0 Å². The maximum absolute atomic E-state index is 13.7. The average molecular weight is 297 g/mol. The summed E-state index contributed by atoms with van der Waals surface area (Å²) in [6.07, 6.45) is 1.72. The van der Waals surface area contributed by atoms with Crippen molar-refractivity contribution in [2.75, 3.05) is 32.1 Å². The number of nitrogens with zero attached hydrogens (tertiary/aromatic N) is 2. The maximum atomic E-state index is 13.7. The van der Waals surface area contributed by atoms with E-state index in [0.717, 1.165) is 18.9 Å². The second-order valence-corrected chi connectivity index (χ2v) is 5.53. The third kappa shape index (κ3) is 3.07. The highest BCUT2D eigenvalue weighted by Gasteiger charge is 2.31. The van der Waals surface area contributed by atoms with Crippen molar-refractivity contribution >= 4 is 11.4 Å². The molecule has 1 aromatic carbocycles. The molecule has 0 unspecified atom stereocenters. The quantitative estimate of drug-likeness (QED) is 0.682. The Morgan fingerprint density at radius 1 is 1.43 bits per heavy atom. The van der Waals surface area contributed by atoms with Gasteiger partial charge in [-0.15, -0.1) is 0 Å². The Balaban J connectivity index is 2.33. The highest BCUT2D eigenvalue weighted by Crippen LogP contribution is 2.36. The van der Waals surface area contributed by atoms with Gasteiger partial charge < -0.3 is 15.0 Å². The number of halogens is 1. The monoisotopic (exact) mass is 297 g/mol. The number of rotatable bonds is 4. The predicted molar refractivity (Wildman–Crippen MR) is 78.5 cm³/mol. The topological polar surface area (TPSA) is 67.6 Å². The molecule has 1 aliphatic rings. The van der Waals surface area contributed by atoms with Crippen LogP contribution in [-0.4, -0.2) is 37.7 Å². The Kier molecular flexibility index (Phi) is 4.32. The molecule has 1 aromatic rings. The number of nitrogens with one attached hydrogen (secondary N) is 1. The molecule has 0 radical (unpaired) electrons. The van der Waals surface area contributed by atoms with Crippen molar-refractivity contribution in [3.63, 3.8) is 0 Å². The highest BCUT2D eigenvalue weighted by atomic mass is 19.1. The molecule has 2 rings (SSSR count). The summed E-state index contributed by atoms with van der Waals surface area (Å²) >= 11 is 0. The van der Waals surface area contributed by atoms with Gasteiger partial charge in [0.2, 0.25) is 0 Å². The summed E-state index contributed by atoms with van der Waals surface area (Å²) in [6.45, 7) is 3.48. The van der Waals surface area contributed by atoms with Crippen LogP contribution < -0.4 is 15.0 Å². The summed E-state index contributed by atoms with van der Waals surface area (Å²) in [5.41, 5.74) is 0.229. The molecule has 1 aliphatic heterocycles. The number of nitro benzene ring substituents is 1. The van der Waals surface area contributed by atoms with Crippen molar-refractivity contribution in [1.29, 1.82) is 0 Å². The zero-order valence-corrected chi connectivity index (χ0v) is 12.5. The molecule has 0 aromatic heterocycles. The maximum Gasteiger partial charge on any atom is 0.295 e. The van der Waals surface area contributed by atoms with Crippen LogP contribution in [0.5, 0.6) is 5.75 Å². The summed E-state index contributed by atoms with van der Waals surface area (Å²) in [5.74, 6) is -0.692. The number of methoxy groups -OCH3 is 1. The van der Waals surface area contributed by atoms with Crippen LogP contribution in [0, 0.1) is 15.9 Å². The second kappa shape index (κ2) is 5.85. The number of piperidine rings is 1. The van der Waals surface area contributed by atoms with Crippen LogP contribution in [0.1, 0.15) is 19.8 Å². The van der Waals surface area contributed by atoms with Crippen molar-refractivity contribution in [3.8, 4) is 5.75 Å². The lowest BCUT2D eigenvalue weighted by atomic mass is 9.89. The summed E-state index contributed by atoms with van der Waals surface area (Å²) in [5, 5.41) is 14.4. The third-order valence-corrected chi connectivity index (χ3v) is 4.26. The number of benzene rings is 1. The molecule has 0 atom stereocenters. The first-order valence-electron chi connectivity index (χ1n) is 6.86. The molecule has 1 heterocycles. The minimum atomic E-state index is -0.718. The van der Waals surface area contributed by atoms with Crippen LogP contribution in [0.4, 0.5) is 15.8 Å². The number of hydrogen-bond donors (Lipinski definition) is 1. The van der Waals surface area contributed by atoms with Crippen LogP contribution in [-0.2, 0) is 0 Å². The Morgan fingerprint density at radius 2 is 2.05 bits per heavy atom. The van der Waals surface area contributed by atoms with E-state index < -0.39 is 10.7 Å². The third-order valence-electron chi connectivity index (χ3n) is 4.26. The first-order chi connectivity index (χ1) is 9.90. The second-order valence-electron chi connectivity index (χ2n) is 5.53. The van der Waals surface area contributed by atoms with E-state index >= 15 is 0 Å². The Bertz CT molecular complexity index is 543. The fourth-order valence-corrected chi connectivity index (χ4v) is 2.58. The first kappa shape index (κ1) is 15.5. The predicted octanol–water partition coefficient (Wildman–Crippen LogP) is 2.32. The van der Waals surface area contributed by atoms with E-state index in [4.69, 9.17) is 4.74 Å². The fourth-order valence-electron chi connectivity index (χ4n) is 2.58. The van der Waals surface area contributed by atoms with Gasteiger partial charge in [0, 0.05) is 24.7 Å². The lowest BCUT2D eigenvalue weighted by molar-refractivity contribution is -0.384. The van der Waals surface area contributed by atoms with Gasteiger partial charge in [0.25, 0.3) is 5.69 Å². The average Bonchev–Trinajstić information content (AvgIpc) is 2.48. The zero-order chi connectivity index (χ0) is 15.6. The lowest BCUT2D eigenvalue weighted by Crippen LogP contribution is -2.50. The van der Waals surface area contributed by atoms with Gasteiger partial charge in [0.1, 0.15) is 5.69 Å². The van der Waals surface area contributed by atoms with Crippen molar-refractivity contribution in [3.05, 3.63) is 28.1 Å². The first-order valence-corrected chi connectivity index (χ1v) is 6.86. The molecule has 21 heavy (non-hydrogen) atoms. The Morgan fingerprint density at radius 3 is 2.52 bits per heavy atom. The van der Waals surface area contributed by atoms with Gasteiger partial charge in [-0.2, -0.15) is 0 Å². The van der Waals surface area contributed by atoms with E-state index in [1.165, 1.54) is 13.2 Å². The number of anilines is 1. The minimum absolute atomic E-state index is 0.0255.